The molecule has 3 N–H and O–H groups in total. The second-order valence-corrected chi connectivity index (χ2v) is 6.63. The Kier molecular flexibility index (Phi) is 5.60. The average Bonchev–Trinajstić information content (AvgIpc) is 3.33. The fourth-order valence-electron chi connectivity index (χ4n) is 3.28. The lowest BCUT2D eigenvalue weighted by Gasteiger charge is -2.21. The number of nitrogens with two attached hydrogens (primary N) is 1. The largest absolute Gasteiger partial charge is 0.454 e. The smallest absolute Gasteiger partial charge is 0.284 e. The first-order chi connectivity index (χ1) is 12.5. The minimum Gasteiger partial charge on any atom is -0.454 e. The molecule has 1 atom stereocenters. The topological polar surface area (TPSA) is 102 Å². The summed E-state index contributed by atoms with van der Waals surface area (Å²) >= 11 is 0. The van der Waals surface area contributed by atoms with Crippen LogP contribution in [0.3, 0.4) is 0 Å². The van der Waals surface area contributed by atoms with Crippen LogP contribution in [0.5, 0.6) is 0 Å². The summed E-state index contributed by atoms with van der Waals surface area (Å²) in [6.45, 7) is 5.16. The van der Waals surface area contributed by atoms with Gasteiger partial charge in [-0.15, -0.1) is 0 Å². The number of aromatic nitrogens is 2. The van der Waals surface area contributed by atoms with E-state index in [9.17, 15) is 4.79 Å². The highest BCUT2D eigenvalue weighted by Gasteiger charge is 2.25. The van der Waals surface area contributed by atoms with Crippen LogP contribution in [0.15, 0.2) is 33.9 Å². The summed E-state index contributed by atoms with van der Waals surface area (Å²) in [5.41, 5.74) is 6.49. The minimum atomic E-state index is -0.565. The van der Waals surface area contributed by atoms with E-state index in [0.717, 1.165) is 38.4 Å². The number of furan rings is 1. The fourth-order valence-corrected chi connectivity index (χ4v) is 3.28. The van der Waals surface area contributed by atoms with E-state index < -0.39 is 5.91 Å². The molecule has 140 valence electrons. The summed E-state index contributed by atoms with van der Waals surface area (Å²) in [7, 11) is 1.94. The van der Waals surface area contributed by atoms with Crippen molar-refractivity contribution in [1.82, 2.24) is 20.0 Å². The van der Waals surface area contributed by atoms with E-state index >= 15 is 0 Å². The first-order valence-electron chi connectivity index (χ1n) is 8.94. The van der Waals surface area contributed by atoms with Gasteiger partial charge in [0, 0.05) is 32.9 Å². The molecule has 0 bridgehead atoms. The van der Waals surface area contributed by atoms with E-state index in [1.54, 1.807) is 12.1 Å². The fraction of sp³-hybridized carbons (Fsp3) is 0.500. The molecule has 3 heterocycles. The van der Waals surface area contributed by atoms with Gasteiger partial charge in [-0.1, -0.05) is 0 Å². The summed E-state index contributed by atoms with van der Waals surface area (Å²) < 4.78 is 7.25. The van der Waals surface area contributed by atoms with Gasteiger partial charge in [-0.3, -0.25) is 9.48 Å². The zero-order valence-electron chi connectivity index (χ0n) is 15.3. The van der Waals surface area contributed by atoms with Crippen molar-refractivity contribution in [3.63, 3.8) is 0 Å². The Morgan fingerprint density at radius 3 is 3.00 bits per heavy atom. The lowest BCUT2D eigenvalue weighted by molar-refractivity contribution is 0.0972. The number of guanidine groups is 1. The third-order valence-electron chi connectivity index (χ3n) is 4.49. The van der Waals surface area contributed by atoms with Crippen molar-refractivity contribution in [1.29, 1.82) is 0 Å². The van der Waals surface area contributed by atoms with E-state index in [1.165, 1.54) is 5.56 Å². The molecule has 8 heteroatoms. The first kappa shape index (κ1) is 18.0. The molecular formula is C18H26N6O2. The third kappa shape index (κ3) is 4.44. The maximum absolute atomic E-state index is 11.1. The summed E-state index contributed by atoms with van der Waals surface area (Å²) in [4.78, 5) is 18.1. The van der Waals surface area contributed by atoms with Crippen molar-refractivity contribution in [2.75, 3.05) is 19.6 Å². The first-order valence-corrected chi connectivity index (χ1v) is 8.94. The van der Waals surface area contributed by atoms with Gasteiger partial charge < -0.3 is 20.4 Å². The standard InChI is InChI=1S/C18H26N6O2/c1-3-20-18(21-10-15-4-5-16(26-15)17(19)25)24-7-6-13(12-24)8-14-9-22-23(2)11-14/h4-5,9,11,13H,3,6-8,10,12H2,1-2H3,(H2,19,25)(H,20,21). The van der Waals surface area contributed by atoms with Crippen molar-refractivity contribution >= 4 is 11.9 Å². The van der Waals surface area contributed by atoms with Crippen LogP contribution >= 0.6 is 0 Å². The van der Waals surface area contributed by atoms with Crippen LogP contribution in [-0.4, -0.2) is 46.2 Å². The van der Waals surface area contributed by atoms with Gasteiger partial charge in [0.1, 0.15) is 12.3 Å². The van der Waals surface area contributed by atoms with Crippen LogP contribution in [0.2, 0.25) is 0 Å². The molecule has 2 aromatic heterocycles. The number of amides is 1. The number of primary amides is 1. The van der Waals surface area contributed by atoms with Crippen LogP contribution in [0.1, 0.15) is 35.2 Å². The number of rotatable bonds is 6. The molecule has 0 saturated carbocycles. The van der Waals surface area contributed by atoms with Gasteiger partial charge in [-0.25, -0.2) is 4.99 Å². The van der Waals surface area contributed by atoms with Gasteiger partial charge in [0.2, 0.25) is 0 Å². The van der Waals surface area contributed by atoms with Crippen molar-refractivity contribution in [2.24, 2.45) is 23.7 Å². The number of hydrogen-bond donors (Lipinski definition) is 2. The molecular weight excluding hydrogens is 332 g/mol. The van der Waals surface area contributed by atoms with Gasteiger partial charge in [0.15, 0.2) is 11.7 Å². The highest BCUT2D eigenvalue weighted by Crippen LogP contribution is 2.21. The predicted octanol–water partition coefficient (Wildman–Crippen LogP) is 1.14. The van der Waals surface area contributed by atoms with Crippen LogP contribution in [-0.2, 0) is 20.0 Å². The SMILES string of the molecule is CCNC(=NCc1ccc(C(N)=O)o1)N1CCC(Cc2cnn(C)c2)C1. The number of likely N-dealkylation sites (tertiary alicyclic amines) is 1. The van der Waals surface area contributed by atoms with E-state index in [0.29, 0.717) is 18.2 Å². The molecule has 1 aliphatic rings. The van der Waals surface area contributed by atoms with E-state index in [1.807, 2.05) is 17.9 Å². The second kappa shape index (κ2) is 8.07. The Bertz CT molecular complexity index is 778. The van der Waals surface area contributed by atoms with E-state index in [4.69, 9.17) is 10.2 Å². The molecule has 1 amide bonds. The van der Waals surface area contributed by atoms with Crippen LogP contribution in [0.25, 0.3) is 0 Å². The molecule has 2 aromatic rings. The summed E-state index contributed by atoms with van der Waals surface area (Å²) in [5.74, 6) is 1.69. The van der Waals surface area contributed by atoms with Crippen molar-refractivity contribution in [3.8, 4) is 0 Å². The Hall–Kier alpha value is -2.77. The Morgan fingerprint density at radius 1 is 1.50 bits per heavy atom. The molecule has 8 nitrogen and oxygen atoms in total. The monoisotopic (exact) mass is 358 g/mol. The van der Waals surface area contributed by atoms with Gasteiger partial charge in [-0.05, 0) is 43.4 Å². The summed E-state index contributed by atoms with van der Waals surface area (Å²) in [6, 6.07) is 3.32. The Labute approximate surface area is 153 Å². The lowest BCUT2D eigenvalue weighted by atomic mass is 10.0. The molecule has 1 aliphatic heterocycles. The number of aryl methyl sites for hydroxylation is 1. The second-order valence-electron chi connectivity index (χ2n) is 6.63. The number of hydrogen-bond acceptors (Lipinski definition) is 4. The highest BCUT2D eigenvalue weighted by atomic mass is 16.3. The molecule has 26 heavy (non-hydrogen) atoms. The number of carbonyl (C=O) groups excluding carboxylic acids is 1. The molecule has 0 aromatic carbocycles. The van der Waals surface area contributed by atoms with Crippen LogP contribution < -0.4 is 11.1 Å². The molecule has 0 radical (unpaired) electrons. The zero-order valence-corrected chi connectivity index (χ0v) is 15.3. The van der Waals surface area contributed by atoms with E-state index in [-0.39, 0.29) is 5.76 Å². The minimum absolute atomic E-state index is 0.165. The van der Waals surface area contributed by atoms with Gasteiger partial charge in [-0.2, -0.15) is 5.10 Å². The number of nitrogens with one attached hydrogen (secondary N) is 1. The third-order valence-corrected chi connectivity index (χ3v) is 4.49. The molecule has 1 saturated heterocycles. The van der Waals surface area contributed by atoms with Crippen molar-refractivity contribution in [2.45, 2.75) is 26.3 Å². The Morgan fingerprint density at radius 2 is 2.35 bits per heavy atom. The van der Waals surface area contributed by atoms with Gasteiger partial charge in [0.05, 0.1) is 6.20 Å². The molecule has 1 unspecified atom stereocenters. The quantitative estimate of drug-likeness (QED) is 0.596. The average molecular weight is 358 g/mol. The molecule has 1 fully saturated rings. The zero-order chi connectivity index (χ0) is 18.5. The Balaban J connectivity index is 1.60. The van der Waals surface area contributed by atoms with Crippen molar-refractivity contribution < 1.29 is 9.21 Å². The highest BCUT2D eigenvalue weighted by molar-refractivity contribution is 5.89. The predicted molar refractivity (Wildman–Crippen MR) is 98.6 cm³/mol. The van der Waals surface area contributed by atoms with Crippen LogP contribution in [0, 0.1) is 5.92 Å². The van der Waals surface area contributed by atoms with E-state index in [2.05, 4.69) is 33.4 Å². The van der Waals surface area contributed by atoms with Crippen molar-refractivity contribution in [3.05, 3.63) is 41.6 Å². The lowest BCUT2D eigenvalue weighted by Crippen LogP contribution is -2.40. The molecule has 0 spiro atoms. The number of aliphatic imine (C=N–C) groups is 1. The molecule has 3 rings (SSSR count). The maximum Gasteiger partial charge on any atom is 0.284 e. The normalized spacial score (nSPS) is 17.7. The number of carbonyl (C=O) groups is 1. The van der Waals surface area contributed by atoms with Gasteiger partial charge in [0.25, 0.3) is 5.91 Å². The maximum atomic E-state index is 11.1. The summed E-state index contributed by atoms with van der Waals surface area (Å²) in [5, 5.41) is 7.58. The molecule has 0 aliphatic carbocycles. The number of nitrogens with zero attached hydrogens (tertiary/aromatic N) is 4. The van der Waals surface area contributed by atoms with Crippen LogP contribution in [0.4, 0.5) is 0 Å². The van der Waals surface area contributed by atoms with Gasteiger partial charge >= 0.3 is 0 Å². The summed E-state index contributed by atoms with van der Waals surface area (Å²) in [6.07, 6.45) is 6.18.